The Morgan fingerprint density at radius 2 is 1.90 bits per heavy atom. The maximum Gasteiger partial charge on any atom is 0.141 e. The molecule has 0 N–H and O–H groups in total. The molecule has 2 aliphatic rings. The van der Waals surface area contributed by atoms with Gasteiger partial charge in [0.1, 0.15) is 15.8 Å². The van der Waals surface area contributed by atoms with Crippen LogP contribution in [-0.2, 0) is 18.6 Å². The van der Waals surface area contributed by atoms with Gasteiger partial charge in [-0.25, -0.2) is 9.97 Å². The summed E-state index contributed by atoms with van der Waals surface area (Å²) >= 11 is 10.3. The summed E-state index contributed by atoms with van der Waals surface area (Å²) < 4.78 is 0. The van der Waals surface area contributed by atoms with Gasteiger partial charge in [0.25, 0.3) is 0 Å². The minimum atomic E-state index is 0.682. The molecule has 0 saturated heterocycles. The quantitative estimate of drug-likeness (QED) is 0.701. The number of nitrogens with zero attached hydrogens (tertiary/aromatic N) is 2. The van der Waals surface area contributed by atoms with Gasteiger partial charge in [0.15, 0.2) is 0 Å². The van der Waals surface area contributed by atoms with E-state index in [9.17, 15) is 0 Å². The Bertz CT molecular complexity index is 662. The van der Waals surface area contributed by atoms with Crippen molar-refractivity contribution >= 4 is 44.9 Å². The fraction of sp³-hybridized carbons (Fsp3) is 0.625. The van der Waals surface area contributed by atoms with Crippen LogP contribution in [-0.4, -0.2) is 15.2 Å². The summed E-state index contributed by atoms with van der Waals surface area (Å²) in [6.07, 6.45) is 10.4. The molecule has 4 rings (SSSR count). The van der Waals surface area contributed by atoms with Gasteiger partial charge in [0.2, 0.25) is 0 Å². The molecule has 2 aromatic rings. The number of hydrogen-bond donors (Lipinski definition) is 0. The molecule has 0 amide bonds. The SMILES string of the molecule is Clc1nc(CSC2CCCC2)nc2sc3c(c12)CCCC3. The summed E-state index contributed by atoms with van der Waals surface area (Å²) in [7, 11) is 0. The first-order chi connectivity index (χ1) is 10.3. The fourth-order valence-electron chi connectivity index (χ4n) is 3.47. The van der Waals surface area contributed by atoms with E-state index in [-0.39, 0.29) is 0 Å². The molecular formula is C16H19ClN2S2. The Balaban J connectivity index is 1.62. The molecule has 0 spiro atoms. The zero-order valence-corrected chi connectivity index (χ0v) is 14.4. The van der Waals surface area contributed by atoms with Crippen LogP contribution in [0.5, 0.6) is 0 Å². The number of thiophene rings is 1. The summed E-state index contributed by atoms with van der Waals surface area (Å²) in [5, 5.41) is 2.63. The summed E-state index contributed by atoms with van der Waals surface area (Å²) in [4.78, 5) is 12.0. The number of halogens is 1. The number of fused-ring (bicyclic) bond motifs is 3. The molecule has 2 aromatic heterocycles. The van der Waals surface area contributed by atoms with Crippen molar-refractivity contribution in [2.45, 2.75) is 62.4 Å². The first-order valence-corrected chi connectivity index (χ1v) is 10.1. The van der Waals surface area contributed by atoms with Gasteiger partial charge in [-0.15, -0.1) is 11.3 Å². The Kier molecular flexibility index (Phi) is 4.12. The van der Waals surface area contributed by atoms with Crippen LogP contribution in [0.25, 0.3) is 10.2 Å². The number of hydrogen-bond acceptors (Lipinski definition) is 4. The van der Waals surface area contributed by atoms with E-state index in [1.807, 2.05) is 23.1 Å². The first-order valence-electron chi connectivity index (χ1n) is 7.89. The van der Waals surface area contributed by atoms with Gasteiger partial charge < -0.3 is 0 Å². The van der Waals surface area contributed by atoms with Crippen molar-refractivity contribution in [2.75, 3.05) is 0 Å². The third-order valence-electron chi connectivity index (χ3n) is 4.57. The van der Waals surface area contributed by atoms with Crippen LogP contribution in [0.4, 0.5) is 0 Å². The lowest BCUT2D eigenvalue weighted by molar-refractivity contribution is 0.700. The lowest BCUT2D eigenvalue weighted by atomic mass is 9.97. The average Bonchev–Trinajstić information content (AvgIpc) is 3.12. The molecule has 2 heterocycles. The van der Waals surface area contributed by atoms with Crippen molar-refractivity contribution < 1.29 is 0 Å². The topological polar surface area (TPSA) is 25.8 Å². The predicted octanol–water partition coefficient (Wildman–Crippen LogP) is 5.40. The van der Waals surface area contributed by atoms with Crippen LogP contribution in [0.3, 0.4) is 0 Å². The van der Waals surface area contributed by atoms with E-state index in [4.69, 9.17) is 16.6 Å². The minimum Gasteiger partial charge on any atom is -0.221 e. The van der Waals surface area contributed by atoms with Crippen LogP contribution < -0.4 is 0 Å². The van der Waals surface area contributed by atoms with E-state index in [2.05, 4.69) is 4.98 Å². The second-order valence-corrected chi connectivity index (χ2v) is 8.77. The lowest BCUT2D eigenvalue weighted by Gasteiger charge is -2.10. The minimum absolute atomic E-state index is 0.682. The largest absolute Gasteiger partial charge is 0.221 e. The van der Waals surface area contributed by atoms with Crippen molar-refractivity contribution in [2.24, 2.45) is 0 Å². The number of aromatic nitrogens is 2. The molecule has 0 bridgehead atoms. The van der Waals surface area contributed by atoms with Gasteiger partial charge in [-0.2, -0.15) is 11.8 Å². The molecule has 0 unspecified atom stereocenters. The smallest absolute Gasteiger partial charge is 0.141 e. The maximum atomic E-state index is 6.48. The van der Waals surface area contributed by atoms with E-state index in [0.717, 1.165) is 33.5 Å². The molecule has 1 saturated carbocycles. The van der Waals surface area contributed by atoms with Gasteiger partial charge in [0, 0.05) is 10.1 Å². The van der Waals surface area contributed by atoms with Crippen LogP contribution in [0.2, 0.25) is 5.15 Å². The number of thioether (sulfide) groups is 1. The summed E-state index contributed by atoms with van der Waals surface area (Å²) in [5.41, 5.74) is 1.43. The molecule has 0 aromatic carbocycles. The van der Waals surface area contributed by atoms with Crippen molar-refractivity contribution in [3.8, 4) is 0 Å². The first kappa shape index (κ1) is 14.3. The van der Waals surface area contributed by atoms with Crippen LogP contribution >= 0.6 is 34.7 Å². The van der Waals surface area contributed by atoms with E-state index in [0.29, 0.717) is 5.15 Å². The van der Waals surface area contributed by atoms with Crippen LogP contribution in [0.15, 0.2) is 0 Å². The van der Waals surface area contributed by atoms with Crippen molar-refractivity contribution in [3.63, 3.8) is 0 Å². The summed E-state index contributed by atoms with van der Waals surface area (Å²) in [5.74, 6) is 1.83. The normalized spacial score (nSPS) is 19.3. The molecule has 0 aliphatic heterocycles. The van der Waals surface area contributed by atoms with E-state index >= 15 is 0 Å². The molecule has 0 atom stereocenters. The van der Waals surface area contributed by atoms with Gasteiger partial charge in [-0.1, -0.05) is 24.4 Å². The summed E-state index contributed by atoms with van der Waals surface area (Å²) in [6, 6.07) is 0. The standard InChI is InChI=1S/C16H19ClN2S2/c17-15-14-11-7-3-4-8-12(11)21-16(14)19-13(18-15)9-20-10-5-1-2-6-10/h10H,1-9H2. The maximum absolute atomic E-state index is 6.48. The van der Waals surface area contributed by atoms with E-state index < -0.39 is 0 Å². The highest BCUT2D eigenvalue weighted by atomic mass is 35.5. The zero-order valence-electron chi connectivity index (χ0n) is 12.0. The molecule has 1 fully saturated rings. The Morgan fingerprint density at radius 3 is 2.76 bits per heavy atom. The highest BCUT2D eigenvalue weighted by molar-refractivity contribution is 7.99. The molecule has 2 nitrogen and oxygen atoms in total. The van der Waals surface area contributed by atoms with Crippen molar-refractivity contribution in [1.82, 2.24) is 9.97 Å². The van der Waals surface area contributed by atoms with E-state index in [1.165, 1.54) is 55.4 Å². The average molecular weight is 339 g/mol. The molecule has 2 aliphatic carbocycles. The fourth-order valence-corrected chi connectivity index (χ4v) is 6.28. The predicted molar refractivity (Wildman–Crippen MR) is 92.6 cm³/mol. The molecule has 112 valence electrons. The molecular weight excluding hydrogens is 320 g/mol. The summed E-state index contributed by atoms with van der Waals surface area (Å²) in [6.45, 7) is 0. The monoisotopic (exact) mass is 338 g/mol. The highest BCUT2D eigenvalue weighted by Gasteiger charge is 2.21. The Hall–Kier alpha value is -0.320. The Labute approximate surface area is 138 Å². The number of rotatable bonds is 3. The molecule has 21 heavy (non-hydrogen) atoms. The Morgan fingerprint density at radius 1 is 1.10 bits per heavy atom. The van der Waals surface area contributed by atoms with Gasteiger partial charge in [-0.05, 0) is 44.1 Å². The van der Waals surface area contributed by atoms with Gasteiger partial charge >= 0.3 is 0 Å². The van der Waals surface area contributed by atoms with Gasteiger partial charge in [-0.3, -0.25) is 0 Å². The van der Waals surface area contributed by atoms with Crippen LogP contribution in [0, 0.1) is 0 Å². The molecule has 5 heteroatoms. The number of aryl methyl sites for hydroxylation is 2. The van der Waals surface area contributed by atoms with E-state index in [1.54, 1.807) is 0 Å². The third kappa shape index (κ3) is 2.82. The van der Waals surface area contributed by atoms with Crippen molar-refractivity contribution in [3.05, 3.63) is 21.4 Å². The second kappa shape index (κ2) is 6.05. The second-order valence-electron chi connectivity index (χ2n) is 6.04. The molecule has 0 radical (unpaired) electrons. The third-order valence-corrected chi connectivity index (χ3v) is 7.39. The lowest BCUT2D eigenvalue weighted by Crippen LogP contribution is -2.00. The van der Waals surface area contributed by atoms with Crippen LogP contribution in [0.1, 0.15) is 54.8 Å². The van der Waals surface area contributed by atoms with Gasteiger partial charge in [0.05, 0.1) is 11.1 Å². The van der Waals surface area contributed by atoms with Crippen molar-refractivity contribution in [1.29, 1.82) is 0 Å². The highest BCUT2D eigenvalue weighted by Crippen LogP contribution is 2.39. The zero-order chi connectivity index (χ0) is 14.2.